The summed E-state index contributed by atoms with van der Waals surface area (Å²) in [6.07, 6.45) is -2.97. The van der Waals surface area contributed by atoms with Gasteiger partial charge in [-0.2, -0.15) is 13.2 Å². The molecule has 0 spiro atoms. The van der Waals surface area contributed by atoms with Gasteiger partial charge in [0.25, 0.3) is 0 Å². The van der Waals surface area contributed by atoms with Crippen molar-refractivity contribution < 1.29 is 22.7 Å². The molecule has 1 aliphatic rings. The van der Waals surface area contributed by atoms with E-state index < -0.39 is 11.7 Å². The number of ether oxygens (including phenoxy) is 1. The number of rotatable bonds is 3. The van der Waals surface area contributed by atoms with Crippen LogP contribution in [0, 0.1) is 5.92 Å². The summed E-state index contributed by atoms with van der Waals surface area (Å²) in [7, 11) is 0. The van der Waals surface area contributed by atoms with Gasteiger partial charge in [0.05, 0.1) is 11.6 Å². The molecule has 1 atom stereocenters. The number of amides is 1. The van der Waals surface area contributed by atoms with Gasteiger partial charge in [0.2, 0.25) is 5.91 Å². The van der Waals surface area contributed by atoms with Crippen LogP contribution in [-0.2, 0) is 15.7 Å². The molecule has 116 valence electrons. The molecule has 6 heteroatoms. The summed E-state index contributed by atoms with van der Waals surface area (Å²) in [6.45, 7) is 2.92. The van der Waals surface area contributed by atoms with E-state index in [-0.39, 0.29) is 17.9 Å². The maximum absolute atomic E-state index is 12.5. The van der Waals surface area contributed by atoms with Crippen LogP contribution in [0.2, 0.25) is 0 Å². The molecule has 1 saturated heterocycles. The second kappa shape index (κ2) is 6.47. The van der Waals surface area contributed by atoms with E-state index in [1.54, 1.807) is 6.92 Å². The molecular formula is C15H18F3NO2. The molecule has 21 heavy (non-hydrogen) atoms. The molecule has 1 amide bonds. The number of carbonyl (C=O) groups is 1. The van der Waals surface area contributed by atoms with E-state index >= 15 is 0 Å². The van der Waals surface area contributed by atoms with Crippen molar-refractivity contribution in [1.29, 1.82) is 0 Å². The highest BCUT2D eigenvalue weighted by Crippen LogP contribution is 2.30. The number of hydrogen-bond acceptors (Lipinski definition) is 2. The fourth-order valence-electron chi connectivity index (χ4n) is 2.34. The SMILES string of the molecule is CC(NC(=O)C1CCOCC1)c1ccc(C(F)(F)F)cc1. The Balaban J connectivity index is 1.96. The fraction of sp³-hybridized carbons (Fsp3) is 0.533. The van der Waals surface area contributed by atoms with Crippen LogP contribution < -0.4 is 5.32 Å². The lowest BCUT2D eigenvalue weighted by Crippen LogP contribution is -2.35. The van der Waals surface area contributed by atoms with Crippen molar-refractivity contribution in [2.45, 2.75) is 32.0 Å². The van der Waals surface area contributed by atoms with Crippen molar-refractivity contribution in [2.75, 3.05) is 13.2 Å². The van der Waals surface area contributed by atoms with Crippen molar-refractivity contribution in [3.63, 3.8) is 0 Å². The van der Waals surface area contributed by atoms with Crippen molar-refractivity contribution in [3.8, 4) is 0 Å². The first-order chi connectivity index (χ1) is 9.88. The first kappa shape index (κ1) is 15.8. The highest BCUT2D eigenvalue weighted by atomic mass is 19.4. The second-order valence-electron chi connectivity index (χ2n) is 5.24. The standard InChI is InChI=1S/C15H18F3NO2/c1-10(19-14(20)12-6-8-21-9-7-12)11-2-4-13(5-3-11)15(16,17)18/h2-5,10,12H,6-9H2,1H3,(H,19,20). The molecule has 3 nitrogen and oxygen atoms in total. The van der Waals surface area contributed by atoms with Crippen LogP contribution in [0.4, 0.5) is 13.2 Å². The fourth-order valence-corrected chi connectivity index (χ4v) is 2.34. The Bertz CT molecular complexity index is 479. The molecule has 2 rings (SSSR count). The normalized spacial score (nSPS) is 18.3. The van der Waals surface area contributed by atoms with Crippen LogP contribution in [0.5, 0.6) is 0 Å². The van der Waals surface area contributed by atoms with Crippen LogP contribution in [-0.4, -0.2) is 19.1 Å². The predicted octanol–water partition coefficient (Wildman–Crippen LogP) is 3.31. The van der Waals surface area contributed by atoms with Crippen molar-refractivity contribution in [1.82, 2.24) is 5.32 Å². The third kappa shape index (κ3) is 4.20. The van der Waals surface area contributed by atoms with Crippen LogP contribution >= 0.6 is 0 Å². The van der Waals surface area contributed by atoms with E-state index in [9.17, 15) is 18.0 Å². The molecule has 1 aromatic rings. The van der Waals surface area contributed by atoms with E-state index in [0.717, 1.165) is 12.1 Å². The van der Waals surface area contributed by atoms with Gasteiger partial charge in [0, 0.05) is 19.1 Å². The largest absolute Gasteiger partial charge is 0.416 e. The second-order valence-corrected chi connectivity index (χ2v) is 5.24. The summed E-state index contributed by atoms with van der Waals surface area (Å²) in [5.41, 5.74) is -0.0300. The molecule has 1 fully saturated rings. The van der Waals surface area contributed by atoms with Crippen LogP contribution in [0.1, 0.15) is 36.9 Å². The summed E-state index contributed by atoms with van der Waals surface area (Å²) >= 11 is 0. The number of alkyl halides is 3. The average molecular weight is 301 g/mol. The van der Waals surface area contributed by atoms with E-state index in [1.807, 2.05) is 0 Å². The number of halogens is 3. The summed E-state index contributed by atoms with van der Waals surface area (Å²) in [4.78, 5) is 12.1. The number of nitrogens with one attached hydrogen (secondary N) is 1. The zero-order valence-electron chi connectivity index (χ0n) is 11.7. The highest BCUT2D eigenvalue weighted by molar-refractivity contribution is 5.79. The van der Waals surface area contributed by atoms with Gasteiger partial charge in [0.1, 0.15) is 0 Å². The van der Waals surface area contributed by atoms with Crippen LogP contribution in [0.3, 0.4) is 0 Å². The minimum absolute atomic E-state index is 0.0642. The molecule has 1 N–H and O–H groups in total. The lowest BCUT2D eigenvalue weighted by atomic mass is 9.98. The zero-order chi connectivity index (χ0) is 15.5. The topological polar surface area (TPSA) is 38.3 Å². The van der Waals surface area contributed by atoms with Gasteiger partial charge in [-0.25, -0.2) is 0 Å². The van der Waals surface area contributed by atoms with Crippen LogP contribution in [0.15, 0.2) is 24.3 Å². The molecule has 1 aliphatic heterocycles. The van der Waals surface area contributed by atoms with Gasteiger partial charge in [-0.1, -0.05) is 12.1 Å². The first-order valence-electron chi connectivity index (χ1n) is 6.93. The van der Waals surface area contributed by atoms with E-state index in [1.165, 1.54) is 12.1 Å². The quantitative estimate of drug-likeness (QED) is 0.930. The molecule has 0 bridgehead atoms. The number of carbonyl (C=O) groups excluding carboxylic acids is 1. The van der Waals surface area contributed by atoms with Gasteiger partial charge in [-0.3, -0.25) is 4.79 Å². The summed E-state index contributed by atoms with van der Waals surface area (Å²) in [6, 6.07) is 4.55. The Hall–Kier alpha value is -1.56. The lowest BCUT2D eigenvalue weighted by Gasteiger charge is -2.23. The van der Waals surface area contributed by atoms with Gasteiger partial charge in [-0.15, -0.1) is 0 Å². The highest BCUT2D eigenvalue weighted by Gasteiger charge is 2.30. The Kier molecular flexibility index (Phi) is 4.88. The molecule has 1 heterocycles. The molecule has 0 aromatic heterocycles. The van der Waals surface area contributed by atoms with Gasteiger partial charge in [-0.05, 0) is 37.5 Å². The number of hydrogen-bond donors (Lipinski definition) is 1. The summed E-state index contributed by atoms with van der Waals surface area (Å²) in [5, 5.41) is 2.85. The van der Waals surface area contributed by atoms with E-state index in [0.29, 0.717) is 31.6 Å². The monoisotopic (exact) mass is 301 g/mol. The van der Waals surface area contributed by atoms with Crippen molar-refractivity contribution in [2.24, 2.45) is 5.92 Å². The molecule has 0 radical (unpaired) electrons. The predicted molar refractivity (Wildman–Crippen MR) is 71.5 cm³/mol. The lowest BCUT2D eigenvalue weighted by molar-refractivity contribution is -0.137. The number of benzene rings is 1. The van der Waals surface area contributed by atoms with E-state index in [2.05, 4.69) is 5.32 Å². The average Bonchev–Trinajstić information content (AvgIpc) is 2.47. The van der Waals surface area contributed by atoms with Crippen LogP contribution in [0.25, 0.3) is 0 Å². The summed E-state index contributed by atoms with van der Waals surface area (Å²) in [5.74, 6) is -0.138. The Morgan fingerprint density at radius 3 is 2.33 bits per heavy atom. The Morgan fingerprint density at radius 2 is 1.81 bits per heavy atom. The molecule has 1 unspecified atom stereocenters. The minimum atomic E-state index is -4.34. The molecule has 0 aliphatic carbocycles. The van der Waals surface area contributed by atoms with Crippen molar-refractivity contribution in [3.05, 3.63) is 35.4 Å². The Labute approximate surface area is 121 Å². The molecule has 1 aromatic carbocycles. The van der Waals surface area contributed by atoms with Crippen molar-refractivity contribution >= 4 is 5.91 Å². The smallest absolute Gasteiger partial charge is 0.381 e. The van der Waals surface area contributed by atoms with E-state index in [4.69, 9.17) is 4.74 Å². The molecular weight excluding hydrogens is 283 g/mol. The molecule has 0 saturated carbocycles. The van der Waals surface area contributed by atoms with Gasteiger partial charge < -0.3 is 10.1 Å². The van der Waals surface area contributed by atoms with Gasteiger partial charge >= 0.3 is 6.18 Å². The van der Waals surface area contributed by atoms with Gasteiger partial charge in [0.15, 0.2) is 0 Å². The maximum atomic E-state index is 12.5. The summed E-state index contributed by atoms with van der Waals surface area (Å²) < 4.78 is 42.7. The Morgan fingerprint density at radius 1 is 1.24 bits per heavy atom. The first-order valence-corrected chi connectivity index (χ1v) is 6.93. The minimum Gasteiger partial charge on any atom is -0.381 e. The zero-order valence-corrected chi connectivity index (χ0v) is 11.7. The maximum Gasteiger partial charge on any atom is 0.416 e. The third-order valence-electron chi connectivity index (χ3n) is 3.69. The third-order valence-corrected chi connectivity index (χ3v) is 3.69.